The highest BCUT2D eigenvalue weighted by molar-refractivity contribution is 7.99. The van der Waals surface area contributed by atoms with E-state index in [0.717, 1.165) is 25.9 Å². The van der Waals surface area contributed by atoms with Crippen LogP contribution >= 0.6 is 11.8 Å². The molecular formula is C10H23NOS. The van der Waals surface area contributed by atoms with Crippen molar-refractivity contribution in [2.75, 3.05) is 26.0 Å². The molecule has 0 aliphatic carbocycles. The summed E-state index contributed by atoms with van der Waals surface area (Å²) in [5.41, 5.74) is 0. The molecular weight excluding hydrogens is 182 g/mol. The molecule has 0 saturated heterocycles. The highest BCUT2D eigenvalue weighted by Crippen LogP contribution is 2.19. The van der Waals surface area contributed by atoms with Crippen LogP contribution in [0.15, 0.2) is 0 Å². The number of aliphatic hydroxyl groups is 1. The van der Waals surface area contributed by atoms with E-state index in [1.807, 2.05) is 11.8 Å². The number of hydrogen-bond acceptors (Lipinski definition) is 3. The zero-order chi connectivity index (χ0) is 10.2. The third-order valence-corrected chi connectivity index (χ3v) is 3.36. The van der Waals surface area contributed by atoms with Crippen molar-refractivity contribution in [3.05, 3.63) is 0 Å². The molecule has 0 atom stereocenters. The lowest BCUT2D eigenvalue weighted by Gasteiger charge is -2.22. The van der Waals surface area contributed by atoms with E-state index in [0.29, 0.717) is 11.4 Å². The van der Waals surface area contributed by atoms with Gasteiger partial charge in [0.05, 0.1) is 0 Å². The minimum atomic E-state index is 0.330. The Morgan fingerprint density at radius 1 is 1.23 bits per heavy atom. The maximum Gasteiger partial charge on any atom is 0.0431 e. The SMILES string of the molecule is CSC(C)(C)CNCCCCCO. The summed E-state index contributed by atoms with van der Waals surface area (Å²) in [5, 5.41) is 12.0. The average molecular weight is 205 g/mol. The Balaban J connectivity index is 3.16. The van der Waals surface area contributed by atoms with Crippen molar-refractivity contribution in [2.45, 2.75) is 37.9 Å². The molecule has 0 aromatic carbocycles. The molecule has 0 spiro atoms. The van der Waals surface area contributed by atoms with Gasteiger partial charge in [-0.05, 0) is 45.9 Å². The van der Waals surface area contributed by atoms with E-state index in [1.165, 1.54) is 6.42 Å². The molecule has 80 valence electrons. The summed E-state index contributed by atoms with van der Waals surface area (Å²) in [4.78, 5) is 0. The summed E-state index contributed by atoms with van der Waals surface area (Å²) in [6, 6.07) is 0. The molecule has 2 nitrogen and oxygen atoms in total. The van der Waals surface area contributed by atoms with E-state index in [4.69, 9.17) is 5.11 Å². The molecule has 2 N–H and O–H groups in total. The van der Waals surface area contributed by atoms with Crippen LogP contribution in [0.5, 0.6) is 0 Å². The van der Waals surface area contributed by atoms with E-state index in [-0.39, 0.29) is 0 Å². The zero-order valence-corrected chi connectivity index (χ0v) is 9.91. The first-order chi connectivity index (χ1) is 6.12. The maximum absolute atomic E-state index is 8.57. The van der Waals surface area contributed by atoms with E-state index >= 15 is 0 Å². The monoisotopic (exact) mass is 205 g/mol. The fourth-order valence-electron chi connectivity index (χ4n) is 1.00. The molecule has 0 unspecified atom stereocenters. The van der Waals surface area contributed by atoms with Crippen LogP contribution in [-0.4, -0.2) is 35.8 Å². The third-order valence-electron chi connectivity index (χ3n) is 2.11. The first kappa shape index (κ1) is 13.3. The Kier molecular flexibility index (Phi) is 7.81. The molecule has 0 aliphatic rings. The Bertz CT molecular complexity index is 117. The molecule has 3 heteroatoms. The molecule has 0 saturated carbocycles. The number of hydrogen-bond donors (Lipinski definition) is 2. The lowest BCUT2D eigenvalue weighted by Crippen LogP contribution is -2.32. The van der Waals surface area contributed by atoms with Gasteiger partial charge in [0.25, 0.3) is 0 Å². The third kappa shape index (κ3) is 8.60. The normalized spacial score (nSPS) is 12.0. The average Bonchev–Trinajstić information content (AvgIpc) is 2.11. The molecule has 0 heterocycles. The molecule has 0 aromatic heterocycles. The fourth-order valence-corrected chi connectivity index (χ4v) is 1.25. The van der Waals surface area contributed by atoms with Gasteiger partial charge < -0.3 is 10.4 Å². The molecule has 0 aromatic rings. The molecule has 0 rings (SSSR count). The van der Waals surface area contributed by atoms with Crippen LogP contribution in [0.1, 0.15) is 33.1 Å². The highest BCUT2D eigenvalue weighted by atomic mass is 32.2. The molecule has 13 heavy (non-hydrogen) atoms. The van der Waals surface area contributed by atoms with E-state index in [9.17, 15) is 0 Å². The first-order valence-electron chi connectivity index (χ1n) is 4.99. The summed E-state index contributed by atoms with van der Waals surface area (Å²) in [7, 11) is 0. The van der Waals surface area contributed by atoms with Crippen LogP contribution in [0.3, 0.4) is 0 Å². The van der Waals surface area contributed by atoms with Crippen LogP contribution in [0, 0.1) is 0 Å². The van der Waals surface area contributed by atoms with Crippen molar-refractivity contribution in [1.29, 1.82) is 0 Å². The predicted octanol–water partition coefficient (Wildman–Crippen LogP) is 1.88. The molecule has 0 bridgehead atoms. The summed E-state index contributed by atoms with van der Waals surface area (Å²) < 4.78 is 0.344. The van der Waals surface area contributed by atoms with Crippen molar-refractivity contribution in [3.8, 4) is 0 Å². The van der Waals surface area contributed by atoms with E-state index in [2.05, 4.69) is 25.4 Å². The minimum absolute atomic E-state index is 0.330. The van der Waals surface area contributed by atoms with E-state index in [1.54, 1.807) is 0 Å². The van der Waals surface area contributed by atoms with Gasteiger partial charge in [0.2, 0.25) is 0 Å². The van der Waals surface area contributed by atoms with Gasteiger partial charge in [0.1, 0.15) is 0 Å². The Morgan fingerprint density at radius 3 is 2.46 bits per heavy atom. The van der Waals surface area contributed by atoms with Gasteiger partial charge in [-0.2, -0.15) is 11.8 Å². The standard InChI is InChI=1S/C10H23NOS/c1-10(2,13-3)9-11-7-5-4-6-8-12/h11-12H,4-9H2,1-3H3. The van der Waals surface area contributed by atoms with Crippen LogP contribution in [-0.2, 0) is 0 Å². The minimum Gasteiger partial charge on any atom is -0.396 e. The van der Waals surface area contributed by atoms with Crippen molar-refractivity contribution < 1.29 is 5.11 Å². The topological polar surface area (TPSA) is 32.3 Å². The van der Waals surface area contributed by atoms with Crippen LogP contribution < -0.4 is 5.32 Å². The molecule has 0 radical (unpaired) electrons. The Labute approximate surface area is 86.5 Å². The second-order valence-electron chi connectivity index (χ2n) is 3.92. The van der Waals surface area contributed by atoms with Gasteiger partial charge in [-0.25, -0.2) is 0 Å². The van der Waals surface area contributed by atoms with Crippen LogP contribution in [0.25, 0.3) is 0 Å². The summed E-state index contributed by atoms with van der Waals surface area (Å²) in [6.45, 7) is 6.96. The van der Waals surface area contributed by atoms with Crippen LogP contribution in [0.4, 0.5) is 0 Å². The summed E-state index contributed by atoms with van der Waals surface area (Å²) >= 11 is 1.89. The number of rotatable bonds is 8. The summed E-state index contributed by atoms with van der Waals surface area (Å²) in [6.07, 6.45) is 5.38. The largest absolute Gasteiger partial charge is 0.396 e. The Hall–Kier alpha value is 0.270. The first-order valence-corrected chi connectivity index (χ1v) is 6.21. The fraction of sp³-hybridized carbons (Fsp3) is 1.00. The van der Waals surface area contributed by atoms with Crippen molar-refractivity contribution in [3.63, 3.8) is 0 Å². The van der Waals surface area contributed by atoms with Gasteiger partial charge in [0, 0.05) is 17.9 Å². The lowest BCUT2D eigenvalue weighted by molar-refractivity contribution is 0.282. The smallest absolute Gasteiger partial charge is 0.0431 e. The predicted molar refractivity (Wildman–Crippen MR) is 61.4 cm³/mol. The second kappa shape index (κ2) is 7.65. The lowest BCUT2D eigenvalue weighted by atomic mass is 10.2. The molecule has 0 amide bonds. The van der Waals surface area contributed by atoms with Crippen LogP contribution in [0.2, 0.25) is 0 Å². The van der Waals surface area contributed by atoms with Crippen molar-refractivity contribution >= 4 is 11.8 Å². The van der Waals surface area contributed by atoms with E-state index < -0.39 is 0 Å². The summed E-state index contributed by atoms with van der Waals surface area (Å²) in [5.74, 6) is 0. The maximum atomic E-state index is 8.57. The van der Waals surface area contributed by atoms with Crippen molar-refractivity contribution in [2.24, 2.45) is 0 Å². The Morgan fingerprint density at radius 2 is 1.92 bits per heavy atom. The number of aliphatic hydroxyl groups excluding tert-OH is 1. The van der Waals surface area contributed by atoms with Gasteiger partial charge in [-0.1, -0.05) is 0 Å². The quantitative estimate of drug-likeness (QED) is 0.593. The second-order valence-corrected chi connectivity index (χ2v) is 5.44. The van der Waals surface area contributed by atoms with Gasteiger partial charge in [-0.15, -0.1) is 0 Å². The molecule has 0 fully saturated rings. The van der Waals surface area contributed by atoms with Gasteiger partial charge in [0.15, 0.2) is 0 Å². The number of unbranched alkanes of at least 4 members (excludes halogenated alkanes) is 2. The molecule has 0 aliphatic heterocycles. The zero-order valence-electron chi connectivity index (χ0n) is 9.10. The van der Waals surface area contributed by atoms with Gasteiger partial charge >= 0.3 is 0 Å². The number of nitrogens with one attached hydrogen (secondary N) is 1. The number of thioether (sulfide) groups is 1. The highest BCUT2D eigenvalue weighted by Gasteiger charge is 2.14. The van der Waals surface area contributed by atoms with Crippen molar-refractivity contribution in [1.82, 2.24) is 5.32 Å². The van der Waals surface area contributed by atoms with Gasteiger partial charge in [-0.3, -0.25) is 0 Å².